The van der Waals surface area contributed by atoms with Crippen molar-refractivity contribution >= 4 is 5.97 Å². The first-order valence-corrected chi connectivity index (χ1v) is 12.9. The summed E-state index contributed by atoms with van der Waals surface area (Å²) in [6.45, 7) is 13.4. The maximum absolute atomic E-state index is 12.4. The highest BCUT2D eigenvalue weighted by Gasteiger charge is 2.60. The monoisotopic (exact) mass is 428 g/mol. The van der Waals surface area contributed by atoms with Gasteiger partial charge in [-0.05, 0) is 105 Å². The van der Waals surface area contributed by atoms with E-state index in [4.69, 9.17) is 0 Å². The zero-order valence-electron chi connectivity index (χ0n) is 20.2. The Hall–Kier alpha value is -1.09. The Morgan fingerprint density at radius 1 is 1.16 bits per heavy atom. The third-order valence-electron chi connectivity index (χ3n) is 10.5. The number of carboxylic acid groups (broad SMARTS) is 1. The van der Waals surface area contributed by atoms with Gasteiger partial charge in [0.25, 0.3) is 0 Å². The van der Waals surface area contributed by atoms with E-state index >= 15 is 0 Å². The molecule has 0 amide bonds. The number of hydrogen-bond donors (Lipinski definition) is 2. The number of aliphatic hydroxyl groups is 1. The summed E-state index contributed by atoms with van der Waals surface area (Å²) in [5.74, 6) is 1.93. The predicted octanol–water partition coefficient (Wildman–Crippen LogP) is 6.62. The average Bonchev–Trinajstić information content (AvgIpc) is 3.05. The molecule has 0 saturated heterocycles. The summed E-state index contributed by atoms with van der Waals surface area (Å²) in [5.41, 5.74) is 3.11. The molecule has 0 aromatic rings. The molecule has 4 aliphatic rings. The van der Waals surface area contributed by atoms with Crippen LogP contribution in [-0.4, -0.2) is 22.3 Å². The van der Waals surface area contributed by atoms with Gasteiger partial charge >= 0.3 is 5.97 Å². The third kappa shape index (κ3) is 3.83. The van der Waals surface area contributed by atoms with Gasteiger partial charge in [-0.25, -0.2) is 0 Å². The van der Waals surface area contributed by atoms with Crippen LogP contribution in [0.3, 0.4) is 0 Å². The lowest BCUT2D eigenvalue weighted by Crippen LogP contribution is -2.51. The first kappa shape index (κ1) is 23.1. The molecule has 31 heavy (non-hydrogen) atoms. The molecule has 4 aliphatic carbocycles. The molecule has 2 N–H and O–H groups in total. The van der Waals surface area contributed by atoms with E-state index in [1.807, 2.05) is 0 Å². The first-order valence-electron chi connectivity index (χ1n) is 12.9. The number of rotatable bonds is 6. The Morgan fingerprint density at radius 2 is 1.90 bits per heavy atom. The maximum Gasteiger partial charge on any atom is 0.306 e. The van der Waals surface area contributed by atoms with Gasteiger partial charge in [-0.1, -0.05) is 51.5 Å². The minimum absolute atomic E-state index is 0.152. The second-order valence-electron chi connectivity index (χ2n) is 12.2. The summed E-state index contributed by atoms with van der Waals surface area (Å²) in [4.78, 5) is 12.4. The zero-order valence-corrected chi connectivity index (χ0v) is 20.2. The van der Waals surface area contributed by atoms with Gasteiger partial charge < -0.3 is 10.2 Å². The normalized spacial score (nSPS) is 42.9. The van der Waals surface area contributed by atoms with E-state index in [2.05, 4.69) is 40.3 Å². The summed E-state index contributed by atoms with van der Waals surface area (Å²) >= 11 is 0. The molecule has 3 saturated carbocycles. The predicted molar refractivity (Wildman–Crippen MR) is 126 cm³/mol. The van der Waals surface area contributed by atoms with E-state index in [0.717, 1.165) is 44.9 Å². The van der Waals surface area contributed by atoms with Gasteiger partial charge in [-0.2, -0.15) is 0 Å². The molecular weight excluding hydrogens is 384 g/mol. The number of aliphatic hydroxyl groups excluding tert-OH is 1. The van der Waals surface area contributed by atoms with Crippen LogP contribution in [0, 0.1) is 46.3 Å². The Bertz CT molecular complexity index is 751. The lowest BCUT2D eigenvalue weighted by atomic mass is 9.47. The van der Waals surface area contributed by atoms with E-state index < -0.39 is 5.97 Å². The summed E-state index contributed by atoms with van der Waals surface area (Å²) in [6, 6.07) is 0. The zero-order chi connectivity index (χ0) is 22.6. The number of carboxylic acids is 1. The number of aliphatic carboxylic acids is 1. The number of carbonyl (C=O) groups is 1. The van der Waals surface area contributed by atoms with Crippen LogP contribution >= 0.6 is 0 Å². The van der Waals surface area contributed by atoms with E-state index in [-0.39, 0.29) is 22.9 Å². The molecule has 3 nitrogen and oxygen atoms in total. The fourth-order valence-corrected chi connectivity index (χ4v) is 8.47. The minimum atomic E-state index is -0.593. The molecule has 8 atom stereocenters. The summed E-state index contributed by atoms with van der Waals surface area (Å²) in [7, 11) is 0. The van der Waals surface area contributed by atoms with Crippen LogP contribution in [0.2, 0.25) is 0 Å². The molecule has 0 radical (unpaired) electrons. The molecule has 0 aliphatic heterocycles. The van der Waals surface area contributed by atoms with Crippen molar-refractivity contribution in [1.29, 1.82) is 0 Å². The molecule has 0 heterocycles. The average molecular weight is 429 g/mol. The van der Waals surface area contributed by atoms with Crippen molar-refractivity contribution in [3.05, 3.63) is 23.8 Å². The van der Waals surface area contributed by atoms with Crippen molar-refractivity contribution in [2.24, 2.45) is 46.3 Å². The SMILES string of the molecule is C=C(CCC(C(=O)O)C1CCC2C3CC=C4CC(O)CCC4(C)C3CCC12C)C(C)C. The van der Waals surface area contributed by atoms with Crippen molar-refractivity contribution in [2.75, 3.05) is 0 Å². The minimum Gasteiger partial charge on any atom is -0.481 e. The van der Waals surface area contributed by atoms with Gasteiger partial charge in [-0.15, -0.1) is 0 Å². The fraction of sp³-hybridized carbons (Fsp3) is 0.821. The van der Waals surface area contributed by atoms with Crippen molar-refractivity contribution in [1.82, 2.24) is 0 Å². The van der Waals surface area contributed by atoms with Gasteiger partial charge in [0, 0.05) is 0 Å². The second-order valence-corrected chi connectivity index (χ2v) is 12.2. The largest absolute Gasteiger partial charge is 0.481 e. The van der Waals surface area contributed by atoms with Crippen molar-refractivity contribution in [2.45, 2.75) is 98.0 Å². The van der Waals surface area contributed by atoms with Crippen LogP contribution in [-0.2, 0) is 4.79 Å². The fourth-order valence-electron chi connectivity index (χ4n) is 8.47. The number of fused-ring (bicyclic) bond motifs is 5. The first-order chi connectivity index (χ1) is 14.6. The quantitative estimate of drug-likeness (QED) is 0.467. The molecular formula is C28H44O3. The van der Waals surface area contributed by atoms with E-state index in [1.54, 1.807) is 0 Å². The molecule has 3 heteroatoms. The van der Waals surface area contributed by atoms with Gasteiger partial charge in [0.2, 0.25) is 0 Å². The highest BCUT2D eigenvalue weighted by Crippen LogP contribution is 2.67. The summed E-state index contributed by atoms with van der Waals surface area (Å²) in [5, 5.41) is 20.4. The smallest absolute Gasteiger partial charge is 0.306 e. The lowest BCUT2D eigenvalue weighted by molar-refractivity contribution is -0.147. The molecule has 0 aromatic carbocycles. The number of hydrogen-bond acceptors (Lipinski definition) is 2. The Labute approximate surface area is 189 Å². The standard InChI is InChI=1S/C28H44O3/c1-17(2)18(3)6-8-22(26(30)31)24-11-10-23-21-9-7-19-16-20(29)12-14-27(19,4)25(21)13-15-28(23,24)5/h7,17,20-25,29H,3,6,8-16H2,1-2,4-5H3,(H,30,31). The van der Waals surface area contributed by atoms with Crippen LogP contribution in [0.5, 0.6) is 0 Å². The Kier molecular flexibility index (Phi) is 6.22. The molecule has 8 unspecified atom stereocenters. The lowest BCUT2D eigenvalue weighted by Gasteiger charge is -2.58. The van der Waals surface area contributed by atoms with Gasteiger partial charge in [0.05, 0.1) is 12.0 Å². The topological polar surface area (TPSA) is 57.5 Å². The third-order valence-corrected chi connectivity index (χ3v) is 10.5. The van der Waals surface area contributed by atoms with Crippen molar-refractivity contribution in [3.8, 4) is 0 Å². The summed E-state index contributed by atoms with van der Waals surface area (Å²) < 4.78 is 0. The molecule has 174 valence electrons. The highest BCUT2D eigenvalue weighted by molar-refractivity contribution is 5.70. The second kappa shape index (κ2) is 8.36. The number of allylic oxidation sites excluding steroid dienone is 2. The van der Waals surface area contributed by atoms with E-state index in [1.165, 1.54) is 30.4 Å². The highest BCUT2D eigenvalue weighted by atomic mass is 16.4. The van der Waals surface area contributed by atoms with Gasteiger partial charge in [0.15, 0.2) is 0 Å². The van der Waals surface area contributed by atoms with Crippen LogP contribution in [0.15, 0.2) is 23.8 Å². The van der Waals surface area contributed by atoms with Gasteiger partial charge in [-0.3, -0.25) is 4.79 Å². The van der Waals surface area contributed by atoms with Crippen LogP contribution in [0.4, 0.5) is 0 Å². The van der Waals surface area contributed by atoms with Crippen LogP contribution < -0.4 is 0 Å². The molecule has 0 aromatic heterocycles. The maximum atomic E-state index is 12.4. The van der Waals surface area contributed by atoms with Crippen LogP contribution in [0.25, 0.3) is 0 Å². The van der Waals surface area contributed by atoms with Gasteiger partial charge in [0.1, 0.15) is 0 Å². The molecule has 0 bridgehead atoms. The molecule has 3 fully saturated rings. The molecule has 0 spiro atoms. The summed E-state index contributed by atoms with van der Waals surface area (Å²) in [6.07, 6.45) is 12.6. The molecule has 4 rings (SSSR count). The Morgan fingerprint density at radius 3 is 2.58 bits per heavy atom. The van der Waals surface area contributed by atoms with Crippen molar-refractivity contribution in [3.63, 3.8) is 0 Å². The van der Waals surface area contributed by atoms with E-state index in [9.17, 15) is 15.0 Å². The Balaban J connectivity index is 1.55. The van der Waals surface area contributed by atoms with E-state index in [0.29, 0.717) is 29.6 Å². The van der Waals surface area contributed by atoms with Crippen molar-refractivity contribution < 1.29 is 15.0 Å². The van der Waals surface area contributed by atoms with Crippen LogP contribution in [0.1, 0.15) is 91.9 Å².